The minimum Gasteiger partial charge on any atom is -0.456 e. The number of hydrogen-bond donors (Lipinski definition) is 1. The van der Waals surface area contributed by atoms with Crippen molar-refractivity contribution in [2.24, 2.45) is 0 Å². The summed E-state index contributed by atoms with van der Waals surface area (Å²) in [5.41, 5.74) is 2.83. The van der Waals surface area contributed by atoms with Gasteiger partial charge in [-0.25, -0.2) is 0 Å². The Kier molecular flexibility index (Phi) is 3.66. The van der Waals surface area contributed by atoms with E-state index in [2.05, 4.69) is 10.2 Å². The summed E-state index contributed by atoms with van der Waals surface area (Å²) in [5, 5.41) is 20.2. The van der Waals surface area contributed by atoms with Crippen LogP contribution in [0.3, 0.4) is 0 Å². The monoisotopic (exact) mass is 302 g/mol. The Morgan fingerprint density at radius 1 is 1.29 bits per heavy atom. The molecule has 5 heteroatoms. The molecular weight excluding hydrogens is 288 g/mol. The second kappa shape index (κ2) is 5.47. The first-order valence-electron chi connectivity index (χ1n) is 6.79. The van der Waals surface area contributed by atoms with E-state index in [0.717, 1.165) is 22.3 Å². The molecule has 0 aliphatic rings. The van der Waals surface area contributed by atoms with Crippen molar-refractivity contribution >= 4 is 22.6 Å². The number of halogens is 1. The number of para-hydroxylation sites is 1. The Morgan fingerprint density at radius 3 is 2.81 bits per heavy atom. The van der Waals surface area contributed by atoms with Crippen molar-refractivity contribution in [2.75, 3.05) is 0 Å². The van der Waals surface area contributed by atoms with E-state index in [0.29, 0.717) is 22.8 Å². The molecule has 4 nitrogen and oxygen atoms in total. The van der Waals surface area contributed by atoms with Gasteiger partial charge in [0.2, 0.25) is 0 Å². The maximum absolute atomic E-state index is 10.6. The molecule has 2 heterocycles. The maximum Gasteiger partial charge on any atom is 0.153 e. The van der Waals surface area contributed by atoms with E-state index in [1.165, 1.54) is 0 Å². The van der Waals surface area contributed by atoms with E-state index in [4.69, 9.17) is 16.0 Å². The Balaban J connectivity index is 2.10. The Morgan fingerprint density at radius 2 is 2.10 bits per heavy atom. The zero-order valence-electron chi connectivity index (χ0n) is 11.8. The van der Waals surface area contributed by atoms with Crippen LogP contribution in [0.25, 0.3) is 11.0 Å². The van der Waals surface area contributed by atoms with Gasteiger partial charge in [0.1, 0.15) is 11.9 Å². The SMILES string of the molecule is CCc1nnc(C)cc1C(O)c1cc2cccc(Cl)c2o1. The molecule has 3 aromatic rings. The maximum atomic E-state index is 10.6. The quantitative estimate of drug-likeness (QED) is 0.799. The van der Waals surface area contributed by atoms with Crippen molar-refractivity contribution in [2.45, 2.75) is 26.4 Å². The highest BCUT2D eigenvalue weighted by Crippen LogP contribution is 2.32. The minimum atomic E-state index is -0.877. The molecular formula is C16H15ClN2O2. The largest absolute Gasteiger partial charge is 0.456 e. The number of rotatable bonds is 3. The first kappa shape index (κ1) is 14.0. The molecule has 0 radical (unpaired) electrons. The molecule has 0 aliphatic heterocycles. The van der Waals surface area contributed by atoms with Crippen molar-refractivity contribution < 1.29 is 9.52 Å². The van der Waals surface area contributed by atoms with Crippen molar-refractivity contribution in [3.63, 3.8) is 0 Å². The zero-order valence-corrected chi connectivity index (χ0v) is 12.6. The van der Waals surface area contributed by atoms with Gasteiger partial charge in [0, 0.05) is 10.9 Å². The van der Waals surface area contributed by atoms with Crippen LogP contribution in [0.5, 0.6) is 0 Å². The van der Waals surface area contributed by atoms with E-state index >= 15 is 0 Å². The van der Waals surface area contributed by atoms with Crippen molar-refractivity contribution in [1.29, 1.82) is 0 Å². The van der Waals surface area contributed by atoms with E-state index in [1.54, 1.807) is 12.1 Å². The van der Waals surface area contributed by atoms with Gasteiger partial charge in [0.15, 0.2) is 5.58 Å². The van der Waals surface area contributed by atoms with Gasteiger partial charge in [-0.15, -0.1) is 0 Å². The first-order valence-corrected chi connectivity index (χ1v) is 7.17. The third kappa shape index (κ3) is 2.52. The zero-order chi connectivity index (χ0) is 15.0. The highest BCUT2D eigenvalue weighted by Gasteiger charge is 2.20. The summed E-state index contributed by atoms with van der Waals surface area (Å²) in [5.74, 6) is 0.459. The highest BCUT2D eigenvalue weighted by molar-refractivity contribution is 6.34. The predicted molar refractivity (Wildman–Crippen MR) is 81.4 cm³/mol. The second-order valence-electron chi connectivity index (χ2n) is 4.95. The van der Waals surface area contributed by atoms with Gasteiger partial charge in [0.05, 0.1) is 16.4 Å². The number of aliphatic hydroxyl groups excluding tert-OH is 1. The summed E-state index contributed by atoms with van der Waals surface area (Å²) in [7, 11) is 0. The third-order valence-corrected chi connectivity index (χ3v) is 3.74. The van der Waals surface area contributed by atoms with Gasteiger partial charge in [-0.3, -0.25) is 0 Å². The van der Waals surface area contributed by atoms with Crippen LogP contribution < -0.4 is 0 Å². The van der Waals surface area contributed by atoms with Crippen molar-refractivity contribution in [1.82, 2.24) is 10.2 Å². The lowest BCUT2D eigenvalue weighted by molar-refractivity contribution is 0.190. The summed E-state index contributed by atoms with van der Waals surface area (Å²) in [6.07, 6.45) is -0.182. The normalized spacial score (nSPS) is 12.8. The van der Waals surface area contributed by atoms with Crippen LogP contribution >= 0.6 is 11.6 Å². The van der Waals surface area contributed by atoms with E-state index in [1.807, 2.05) is 32.0 Å². The molecule has 0 saturated carbocycles. The average Bonchev–Trinajstić information content (AvgIpc) is 2.92. The molecule has 1 atom stereocenters. The van der Waals surface area contributed by atoms with Crippen LogP contribution in [0.2, 0.25) is 5.02 Å². The van der Waals surface area contributed by atoms with E-state index in [-0.39, 0.29) is 0 Å². The predicted octanol–water partition coefficient (Wildman–Crippen LogP) is 3.83. The molecule has 0 spiro atoms. The van der Waals surface area contributed by atoms with E-state index in [9.17, 15) is 5.11 Å². The molecule has 3 rings (SSSR count). The average molecular weight is 303 g/mol. The standard InChI is InChI=1S/C16H15ClN2O2/c1-3-13-11(7-9(2)18-19-13)15(20)14-8-10-5-4-6-12(17)16(10)21-14/h4-8,15,20H,3H2,1-2H3. The number of aryl methyl sites for hydroxylation is 2. The molecule has 1 N–H and O–H groups in total. The lowest BCUT2D eigenvalue weighted by atomic mass is 10.0. The molecule has 108 valence electrons. The van der Waals surface area contributed by atoms with Gasteiger partial charge >= 0.3 is 0 Å². The number of nitrogens with zero attached hydrogens (tertiary/aromatic N) is 2. The molecule has 0 bridgehead atoms. The summed E-state index contributed by atoms with van der Waals surface area (Å²) in [6, 6.07) is 9.16. The number of furan rings is 1. The molecule has 0 aliphatic carbocycles. The Bertz CT molecular complexity index is 798. The smallest absolute Gasteiger partial charge is 0.153 e. The van der Waals surface area contributed by atoms with Gasteiger partial charge in [-0.05, 0) is 31.5 Å². The molecule has 0 fully saturated rings. The van der Waals surface area contributed by atoms with Crippen molar-refractivity contribution in [3.8, 4) is 0 Å². The van der Waals surface area contributed by atoms with Gasteiger partial charge < -0.3 is 9.52 Å². The number of aliphatic hydroxyl groups is 1. The molecule has 21 heavy (non-hydrogen) atoms. The number of benzene rings is 1. The van der Waals surface area contributed by atoms with Crippen LogP contribution in [-0.4, -0.2) is 15.3 Å². The van der Waals surface area contributed by atoms with Crippen LogP contribution in [0.1, 0.15) is 35.7 Å². The highest BCUT2D eigenvalue weighted by atomic mass is 35.5. The Hall–Kier alpha value is -1.91. The number of fused-ring (bicyclic) bond motifs is 1. The van der Waals surface area contributed by atoms with Crippen molar-refractivity contribution in [3.05, 3.63) is 58.1 Å². The van der Waals surface area contributed by atoms with Crippen LogP contribution in [0.15, 0.2) is 34.7 Å². The van der Waals surface area contributed by atoms with Gasteiger partial charge in [0.25, 0.3) is 0 Å². The topological polar surface area (TPSA) is 59.2 Å². The summed E-state index contributed by atoms with van der Waals surface area (Å²) in [4.78, 5) is 0. The minimum absolute atomic E-state index is 0.459. The molecule has 0 amide bonds. The molecule has 1 unspecified atom stereocenters. The number of aromatic nitrogens is 2. The molecule has 1 aromatic carbocycles. The Labute approximate surface area is 127 Å². The molecule has 2 aromatic heterocycles. The molecule has 0 saturated heterocycles. The fraction of sp³-hybridized carbons (Fsp3) is 0.250. The van der Waals surface area contributed by atoms with E-state index < -0.39 is 6.10 Å². The third-order valence-electron chi connectivity index (χ3n) is 3.44. The first-order chi connectivity index (χ1) is 10.1. The lowest BCUT2D eigenvalue weighted by Crippen LogP contribution is -2.07. The fourth-order valence-electron chi connectivity index (χ4n) is 2.38. The summed E-state index contributed by atoms with van der Waals surface area (Å²) < 4.78 is 5.72. The van der Waals surface area contributed by atoms with Crippen LogP contribution in [0, 0.1) is 6.92 Å². The van der Waals surface area contributed by atoms with Gasteiger partial charge in [-0.1, -0.05) is 30.7 Å². The lowest BCUT2D eigenvalue weighted by Gasteiger charge is -2.12. The van der Waals surface area contributed by atoms with Crippen LogP contribution in [-0.2, 0) is 6.42 Å². The summed E-state index contributed by atoms with van der Waals surface area (Å²) >= 11 is 6.11. The summed E-state index contributed by atoms with van der Waals surface area (Å²) in [6.45, 7) is 3.82. The van der Waals surface area contributed by atoms with Crippen LogP contribution in [0.4, 0.5) is 0 Å². The second-order valence-corrected chi connectivity index (χ2v) is 5.36. The fourth-order valence-corrected chi connectivity index (χ4v) is 2.60. The number of hydrogen-bond acceptors (Lipinski definition) is 4. The van der Waals surface area contributed by atoms with Gasteiger partial charge in [-0.2, -0.15) is 10.2 Å².